The minimum atomic E-state index is 0. The minimum absolute atomic E-state index is 0. The van der Waals surface area contributed by atoms with Gasteiger partial charge < -0.3 is 24.7 Å². The predicted molar refractivity (Wildman–Crippen MR) is 128 cm³/mol. The van der Waals surface area contributed by atoms with Crippen LogP contribution in [0.25, 0.3) is 0 Å². The number of hydrogen-bond donors (Lipinski definition) is 2. The van der Waals surface area contributed by atoms with Gasteiger partial charge in [0.15, 0.2) is 11.8 Å². The molecule has 1 unspecified atom stereocenters. The van der Waals surface area contributed by atoms with Gasteiger partial charge >= 0.3 is 0 Å². The van der Waals surface area contributed by atoms with Gasteiger partial charge in [-0.1, -0.05) is 30.3 Å². The molecule has 0 spiro atoms. The standard InChI is InChI=1S/C21H32N6O2.HI/c1-17-25-26-20(27(17)2)15-24-21(23-14-18-8-4-3-5-9-18)22-11-7-12-28-16-19-10-6-13-29-19;/h3-5,8-9,19H,6-7,10-16H2,1-2H3,(H2,22,23,24);1H. The molecule has 2 N–H and O–H groups in total. The molecule has 9 heteroatoms. The molecule has 0 bridgehead atoms. The number of aromatic nitrogens is 3. The lowest BCUT2D eigenvalue weighted by Crippen LogP contribution is -2.38. The van der Waals surface area contributed by atoms with Crippen molar-refractivity contribution in [2.24, 2.45) is 12.0 Å². The van der Waals surface area contributed by atoms with E-state index in [9.17, 15) is 0 Å². The summed E-state index contributed by atoms with van der Waals surface area (Å²) in [6.45, 7) is 6.17. The molecule has 30 heavy (non-hydrogen) atoms. The van der Waals surface area contributed by atoms with Crippen molar-refractivity contribution in [3.8, 4) is 0 Å². The number of nitrogens with one attached hydrogen (secondary N) is 2. The molecule has 8 nitrogen and oxygen atoms in total. The lowest BCUT2D eigenvalue weighted by Gasteiger charge is -2.13. The molecule has 1 aliphatic heterocycles. The molecule has 1 aromatic heterocycles. The van der Waals surface area contributed by atoms with Gasteiger partial charge in [-0.05, 0) is 31.7 Å². The van der Waals surface area contributed by atoms with Crippen molar-refractivity contribution < 1.29 is 9.47 Å². The summed E-state index contributed by atoms with van der Waals surface area (Å²) in [6, 6.07) is 10.2. The zero-order chi connectivity index (χ0) is 20.3. The van der Waals surface area contributed by atoms with Crippen LogP contribution in [0.15, 0.2) is 35.3 Å². The van der Waals surface area contributed by atoms with Crippen LogP contribution in [0.2, 0.25) is 0 Å². The Bertz CT molecular complexity index is 762. The quantitative estimate of drug-likeness (QED) is 0.214. The zero-order valence-electron chi connectivity index (χ0n) is 17.8. The van der Waals surface area contributed by atoms with Crippen molar-refractivity contribution in [1.82, 2.24) is 25.4 Å². The van der Waals surface area contributed by atoms with Crippen LogP contribution in [0.4, 0.5) is 0 Å². The van der Waals surface area contributed by atoms with Gasteiger partial charge in [0.2, 0.25) is 0 Å². The van der Waals surface area contributed by atoms with Crippen LogP contribution in [-0.2, 0) is 29.6 Å². The first-order valence-electron chi connectivity index (χ1n) is 10.3. The molecule has 166 valence electrons. The molecule has 1 fully saturated rings. The van der Waals surface area contributed by atoms with E-state index < -0.39 is 0 Å². The van der Waals surface area contributed by atoms with E-state index in [1.807, 2.05) is 36.7 Å². The van der Waals surface area contributed by atoms with Crippen molar-refractivity contribution in [3.05, 3.63) is 47.5 Å². The van der Waals surface area contributed by atoms with E-state index in [1.165, 1.54) is 5.56 Å². The van der Waals surface area contributed by atoms with Crippen molar-refractivity contribution in [2.45, 2.75) is 45.4 Å². The molecule has 0 aliphatic carbocycles. The van der Waals surface area contributed by atoms with Gasteiger partial charge in [0.1, 0.15) is 5.82 Å². The molecular formula is C21H33IN6O2. The molecule has 0 amide bonds. The van der Waals surface area contributed by atoms with E-state index in [1.54, 1.807) is 0 Å². The Hall–Kier alpha value is -1.72. The summed E-state index contributed by atoms with van der Waals surface area (Å²) >= 11 is 0. The van der Waals surface area contributed by atoms with Gasteiger partial charge in [0.25, 0.3) is 0 Å². The first-order chi connectivity index (χ1) is 14.2. The summed E-state index contributed by atoms with van der Waals surface area (Å²) in [4.78, 5) is 4.70. The highest BCUT2D eigenvalue weighted by atomic mass is 127. The normalized spacial score (nSPS) is 16.3. The Balaban J connectivity index is 0.00000320. The van der Waals surface area contributed by atoms with E-state index in [4.69, 9.17) is 14.5 Å². The molecule has 3 rings (SSSR count). The van der Waals surface area contributed by atoms with Gasteiger partial charge in [-0.25, -0.2) is 4.99 Å². The van der Waals surface area contributed by atoms with Crippen molar-refractivity contribution in [3.63, 3.8) is 0 Å². The maximum atomic E-state index is 5.73. The Morgan fingerprint density at radius 1 is 1.27 bits per heavy atom. The van der Waals surface area contributed by atoms with E-state index in [0.29, 0.717) is 26.3 Å². The highest BCUT2D eigenvalue weighted by molar-refractivity contribution is 14.0. The number of hydrogen-bond acceptors (Lipinski definition) is 5. The largest absolute Gasteiger partial charge is 0.379 e. The molecule has 2 aromatic rings. The maximum Gasteiger partial charge on any atom is 0.191 e. The van der Waals surface area contributed by atoms with Gasteiger partial charge in [-0.3, -0.25) is 0 Å². The highest BCUT2D eigenvalue weighted by Gasteiger charge is 2.14. The topological polar surface area (TPSA) is 85.6 Å². The maximum absolute atomic E-state index is 5.73. The summed E-state index contributed by atoms with van der Waals surface area (Å²) in [5.41, 5.74) is 1.17. The summed E-state index contributed by atoms with van der Waals surface area (Å²) in [6.07, 6.45) is 3.44. The SMILES string of the molecule is Cc1nnc(CNC(=NCc2ccccc2)NCCCOCC2CCCO2)n1C.I. The highest BCUT2D eigenvalue weighted by Crippen LogP contribution is 2.11. The summed E-state index contributed by atoms with van der Waals surface area (Å²) in [5, 5.41) is 15.0. The van der Waals surface area contributed by atoms with E-state index in [-0.39, 0.29) is 30.1 Å². The van der Waals surface area contributed by atoms with Gasteiger partial charge in [0.05, 0.1) is 25.8 Å². The lowest BCUT2D eigenvalue weighted by molar-refractivity contribution is 0.0168. The van der Waals surface area contributed by atoms with Crippen LogP contribution >= 0.6 is 24.0 Å². The molecule has 1 saturated heterocycles. The van der Waals surface area contributed by atoms with Crippen LogP contribution in [0, 0.1) is 6.92 Å². The van der Waals surface area contributed by atoms with Crippen molar-refractivity contribution >= 4 is 29.9 Å². The second-order valence-corrected chi connectivity index (χ2v) is 7.22. The van der Waals surface area contributed by atoms with E-state index in [2.05, 4.69) is 33.0 Å². The molecule has 0 radical (unpaired) electrons. The fraction of sp³-hybridized carbons (Fsp3) is 0.571. The molecular weight excluding hydrogens is 495 g/mol. The lowest BCUT2D eigenvalue weighted by atomic mass is 10.2. The number of nitrogens with zero attached hydrogens (tertiary/aromatic N) is 4. The van der Waals surface area contributed by atoms with Crippen LogP contribution in [0.5, 0.6) is 0 Å². The number of benzene rings is 1. The van der Waals surface area contributed by atoms with Crippen molar-refractivity contribution in [1.29, 1.82) is 0 Å². The molecule has 0 saturated carbocycles. The fourth-order valence-electron chi connectivity index (χ4n) is 3.07. The minimum Gasteiger partial charge on any atom is -0.379 e. The molecule has 1 aromatic carbocycles. The summed E-state index contributed by atoms with van der Waals surface area (Å²) in [5.74, 6) is 2.52. The molecule has 1 atom stereocenters. The summed E-state index contributed by atoms with van der Waals surface area (Å²) < 4.78 is 13.3. The van der Waals surface area contributed by atoms with Gasteiger partial charge in [-0.2, -0.15) is 0 Å². The Morgan fingerprint density at radius 2 is 2.10 bits per heavy atom. The predicted octanol–water partition coefficient (Wildman–Crippen LogP) is 2.56. The Morgan fingerprint density at radius 3 is 2.80 bits per heavy atom. The van der Waals surface area contributed by atoms with E-state index in [0.717, 1.165) is 50.0 Å². The number of rotatable bonds is 10. The van der Waals surface area contributed by atoms with Crippen LogP contribution in [-0.4, -0.2) is 53.2 Å². The third kappa shape index (κ3) is 8.19. The number of ether oxygens (including phenoxy) is 2. The Labute approximate surface area is 195 Å². The monoisotopic (exact) mass is 528 g/mol. The first kappa shape index (κ1) is 24.5. The number of aryl methyl sites for hydroxylation is 1. The van der Waals surface area contributed by atoms with E-state index >= 15 is 0 Å². The number of guanidine groups is 1. The smallest absolute Gasteiger partial charge is 0.191 e. The van der Waals surface area contributed by atoms with Crippen LogP contribution < -0.4 is 10.6 Å². The Kier molecular flexibility index (Phi) is 11.1. The first-order valence-corrected chi connectivity index (χ1v) is 10.3. The van der Waals surface area contributed by atoms with Crippen molar-refractivity contribution in [2.75, 3.05) is 26.4 Å². The third-order valence-corrected chi connectivity index (χ3v) is 4.94. The molecule has 2 heterocycles. The van der Waals surface area contributed by atoms with Gasteiger partial charge in [0, 0.05) is 26.8 Å². The molecule has 1 aliphatic rings. The zero-order valence-corrected chi connectivity index (χ0v) is 20.2. The summed E-state index contributed by atoms with van der Waals surface area (Å²) in [7, 11) is 1.96. The fourth-order valence-corrected chi connectivity index (χ4v) is 3.07. The number of aliphatic imine (C=N–C) groups is 1. The second-order valence-electron chi connectivity index (χ2n) is 7.22. The van der Waals surface area contributed by atoms with Crippen LogP contribution in [0.1, 0.15) is 36.5 Å². The average molecular weight is 528 g/mol. The van der Waals surface area contributed by atoms with Crippen LogP contribution in [0.3, 0.4) is 0 Å². The second kappa shape index (κ2) is 13.6. The average Bonchev–Trinajstić information content (AvgIpc) is 3.37. The third-order valence-electron chi connectivity index (χ3n) is 4.94. The van der Waals surface area contributed by atoms with Gasteiger partial charge in [-0.15, -0.1) is 34.2 Å². The number of halogens is 1.